The average molecular weight is 346 g/mol. The number of hydrogen-bond donors (Lipinski definition) is 0. The zero-order chi connectivity index (χ0) is 13.6. The van der Waals surface area contributed by atoms with E-state index in [0.717, 1.165) is 23.4 Å². The maximum absolute atomic E-state index is 13.7. The van der Waals surface area contributed by atoms with E-state index in [4.69, 9.17) is 11.6 Å². The molecular formula is C14H15BrClFN2. The van der Waals surface area contributed by atoms with Gasteiger partial charge in [-0.3, -0.25) is 0 Å². The Kier molecular flexibility index (Phi) is 3.34. The molecule has 102 valence electrons. The largest absolute Gasteiger partial charge is 0.326 e. The molecule has 0 radical (unpaired) electrons. The van der Waals surface area contributed by atoms with Crippen molar-refractivity contribution in [2.45, 2.75) is 38.6 Å². The molecular weight excluding hydrogens is 331 g/mol. The molecule has 1 aliphatic carbocycles. The van der Waals surface area contributed by atoms with Gasteiger partial charge >= 0.3 is 0 Å². The summed E-state index contributed by atoms with van der Waals surface area (Å²) < 4.78 is 16.3. The van der Waals surface area contributed by atoms with Crippen molar-refractivity contribution in [3.05, 3.63) is 28.2 Å². The van der Waals surface area contributed by atoms with Gasteiger partial charge in [0.2, 0.25) is 0 Å². The Bertz CT molecular complexity index is 634. The molecule has 0 spiro atoms. The fraction of sp³-hybridized carbons (Fsp3) is 0.500. The third kappa shape index (κ3) is 2.29. The minimum absolute atomic E-state index is 0.256. The topological polar surface area (TPSA) is 17.8 Å². The molecule has 0 aliphatic heterocycles. The van der Waals surface area contributed by atoms with Crippen molar-refractivity contribution < 1.29 is 4.39 Å². The van der Waals surface area contributed by atoms with Gasteiger partial charge in [0.15, 0.2) is 0 Å². The lowest BCUT2D eigenvalue weighted by Gasteiger charge is -2.39. The molecule has 0 atom stereocenters. The van der Waals surface area contributed by atoms with Crippen LogP contribution >= 0.6 is 27.5 Å². The second-order valence-corrected chi connectivity index (χ2v) is 6.79. The van der Waals surface area contributed by atoms with E-state index in [-0.39, 0.29) is 5.82 Å². The summed E-state index contributed by atoms with van der Waals surface area (Å²) >= 11 is 9.19. The molecule has 0 unspecified atom stereocenters. The third-order valence-corrected chi connectivity index (χ3v) is 4.94. The molecule has 1 heterocycles. The summed E-state index contributed by atoms with van der Waals surface area (Å²) in [5.74, 6) is 0.917. The van der Waals surface area contributed by atoms with E-state index in [0.29, 0.717) is 15.8 Å². The van der Waals surface area contributed by atoms with Gasteiger partial charge in [-0.25, -0.2) is 9.37 Å². The first-order valence-corrected chi connectivity index (χ1v) is 7.75. The van der Waals surface area contributed by atoms with Gasteiger partial charge in [-0.05, 0) is 40.3 Å². The Morgan fingerprint density at radius 1 is 1.47 bits per heavy atom. The summed E-state index contributed by atoms with van der Waals surface area (Å²) in [4.78, 5) is 4.51. The molecule has 1 saturated carbocycles. The minimum Gasteiger partial charge on any atom is -0.326 e. The van der Waals surface area contributed by atoms with Crippen LogP contribution in [0.15, 0.2) is 16.6 Å². The average Bonchev–Trinajstić information content (AvgIpc) is 2.66. The highest BCUT2D eigenvalue weighted by Gasteiger charge is 2.33. The lowest BCUT2D eigenvalue weighted by molar-refractivity contribution is 0.133. The Morgan fingerprint density at radius 3 is 2.79 bits per heavy atom. The zero-order valence-electron chi connectivity index (χ0n) is 10.7. The summed E-state index contributed by atoms with van der Waals surface area (Å²) in [5.41, 5.74) is 1.94. The normalized spacial score (nSPS) is 17.7. The van der Waals surface area contributed by atoms with E-state index in [1.165, 1.54) is 19.3 Å². The molecule has 2 nitrogen and oxygen atoms in total. The SMILES string of the molecule is CC1(Cn2c(CCl)nc3cc(Br)c(F)cc32)CCC1. The van der Waals surface area contributed by atoms with Crippen LogP contribution in [-0.2, 0) is 12.4 Å². The Morgan fingerprint density at radius 2 is 2.21 bits per heavy atom. The van der Waals surface area contributed by atoms with Crippen LogP contribution in [0.4, 0.5) is 4.39 Å². The molecule has 1 aliphatic rings. The van der Waals surface area contributed by atoms with Crippen molar-refractivity contribution in [1.82, 2.24) is 9.55 Å². The van der Waals surface area contributed by atoms with Gasteiger partial charge in [-0.1, -0.05) is 13.3 Å². The predicted molar refractivity (Wildman–Crippen MR) is 78.9 cm³/mol. The smallest absolute Gasteiger partial charge is 0.139 e. The van der Waals surface area contributed by atoms with Crippen molar-refractivity contribution in [1.29, 1.82) is 0 Å². The van der Waals surface area contributed by atoms with Gasteiger partial charge in [0, 0.05) is 12.6 Å². The Labute approximate surface area is 125 Å². The second-order valence-electron chi connectivity index (χ2n) is 5.67. The van der Waals surface area contributed by atoms with E-state index in [1.54, 1.807) is 12.1 Å². The van der Waals surface area contributed by atoms with Crippen LogP contribution in [0.3, 0.4) is 0 Å². The molecule has 5 heteroatoms. The van der Waals surface area contributed by atoms with Crippen molar-refractivity contribution in [3.63, 3.8) is 0 Å². The summed E-state index contributed by atoms with van der Waals surface area (Å²) in [6.07, 6.45) is 3.71. The maximum Gasteiger partial charge on any atom is 0.139 e. The van der Waals surface area contributed by atoms with E-state index in [9.17, 15) is 4.39 Å². The highest BCUT2D eigenvalue weighted by molar-refractivity contribution is 9.10. The second kappa shape index (κ2) is 4.74. The summed E-state index contributed by atoms with van der Waals surface area (Å²) in [6, 6.07) is 3.27. The minimum atomic E-state index is -0.256. The van der Waals surface area contributed by atoms with E-state index >= 15 is 0 Å². The monoisotopic (exact) mass is 344 g/mol. The lowest BCUT2D eigenvalue weighted by Crippen LogP contribution is -2.31. The summed E-state index contributed by atoms with van der Waals surface area (Å²) in [5, 5.41) is 0. The van der Waals surface area contributed by atoms with Gasteiger partial charge in [-0.2, -0.15) is 0 Å². The Balaban J connectivity index is 2.12. The third-order valence-electron chi connectivity index (χ3n) is 4.09. The van der Waals surface area contributed by atoms with Crippen molar-refractivity contribution in [3.8, 4) is 0 Å². The number of halogens is 3. The van der Waals surface area contributed by atoms with Crippen LogP contribution in [0.25, 0.3) is 11.0 Å². The summed E-state index contributed by atoms with van der Waals surface area (Å²) in [6.45, 7) is 3.14. The first kappa shape index (κ1) is 13.4. The molecule has 1 aromatic heterocycles. The summed E-state index contributed by atoms with van der Waals surface area (Å²) in [7, 11) is 0. The fourth-order valence-electron chi connectivity index (χ4n) is 2.77. The van der Waals surface area contributed by atoms with Crippen LogP contribution in [0.2, 0.25) is 0 Å². The number of benzene rings is 1. The van der Waals surface area contributed by atoms with E-state index in [1.807, 2.05) is 0 Å². The molecule has 0 N–H and O–H groups in total. The molecule has 1 aromatic carbocycles. The van der Waals surface area contributed by atoms with Gasteiger partial charge < -0.3 is 4.57 Å². The molecule has 3 rings (SSSR count). The number of nitrogens with zero attached hydrogens (tertiary/aromatic N) is 2. The number of fused-ring (bicyclic) bond motifs is 1. The van der Waals surface area contributed by atoms with E-state index < -0.39 is 0 Å². The number of aromatic nitrogens is 2. The quantitative estimate of drug-likeness (QED) is 0.726. The highest BCUT2D eigenvalue weighted by Crippen LogP contribution is 2.42. The first-order chi connectivity index (χ1) is 9.02. The van der Waals surface area contributed by atoms with Crippen LogP contribution in [-0.4, -0.2) is 9.55 Å². The van der Waals surface area contributed by atoms with Crippen LogP contribution < -0.4 is 0 Å². The number of alkyl halides is 1. The molecule has 2 aromatic rings. The standard InChI is InChI=1S/C14H15BrClFN2/c1-14(3-2-4-14)8-19-12-6-10(17)9(15)5-11(12)18-13(19)7-16/h5-6H,2-4,7-8H2,1H3. The molecule has 19 heavy (non-hydrogen) atoms. The van der Waals surface area contributed by atoms with Crippen LogP contribution in [0.1, 0.15) is 32.0 Å². The van der Waals surface area contributed by atoms with Gasteiger partial charge in [0.1, 0.15) is 11.6 Å². The van der Waals surface area contributed by atoms with Crippen molar-refractivity contribution in [2.24, 2.45) is 5.41 Å². The van der Waals surface area contributed by atoms with Gasteiger partial charge in [0.05, 0.1) is 21.4 Å². The molecule has 0 amide bonds. The fourth-order valence-corrected chi connectivity index (χ4v) is 3.30. The number of imidazole rings is 1. The molecule has 1 fully saturated rings. The van der Waals surface area contributed by atoms with Crippen LogP contribution in [0, 0.1) is 11.2 Å². The number of hydrogen-bond acceptors (Lipinski definition) is 1. The lowest BCUT2D eigenvalue weighted by atomic mass is 9.70. The molecule has 0 bridgehead atoms. The van der Waals surface area contributed by atoms with Gasteiger partial charge in [0.25, 0.3) is 0 Å². The highest BCUT2D eigenvalue weighted by atomic mass is 79.9. The van der Waals surface area contributed by atoms with E-state index in [2.05, 4.69) is 32.4 Å². The Hall–Kier alpha value is -0.610. The van der Waals surface area contributed by atoms with Gasteiger partial charge in [-0.15, -0.1) is 11.6 Å². The number of rotatable bonds is 3. The zero-order valence-corrected chi connectivity index (χ0v) is 13.1. The molecule has 0 saturated heterocycles. The van der Waals surface area contributed by atoms with Crippen molar-refractivity contribution >= 4 is 38.6 Å². The maximum atomic E-state index is 13.7. The first-order valence-electron chi connectivity index (χ1n) is 6.42. The van der Waals surface area contributed by atoms with Crippen LogP contribution in [0.5, 0.6) is 0 Å². The predicted octanol–water partition coefficient (Wildman–Crippen LogP) is 4.87. The van der Waals surface area contributed by atoms with Crippen molar-refractivity contribution in [2.75, 3.05) is 0 Å².